The molecule has 0 amide bonds. The smallest absolute Gasteiger partial charge is 0.120 e. The fourth-order valence-corrected chi connectivity index (χ4v) is 2.91. The summed E-state index contributed by atoms with van der Waals surface area (Å²) in [5.41, 5.74) is 1.93. The van der Waals surface area contributed by atoms with Crippen LogP contribution in [0.3, 0.4) is 0 Å². The highest BCUT2D eigenvalue weighted by atomic mass is 127. The molecule has 0 aromatic heterocycles. The molecule has 2 aromatic rings. The van der Waals surface area contributed by atoms with Crippen molar-refractivity contribution in [3.8, 4) is 5.75 Å². The molecule has 1 nitrogen and oxygen atoms in total. The van der Waals surface area contributed by atoms with Crippen molar-refractivity contribution in [3.63, 3.8) is 0 Å². The van der Waals surface area contributed by atoms with Crippen molar-refractivity contribution in [2.45, 2.75) is 5.38 Å². The van der Waals surface area contributed by atoms with E-state index in [-0.39, 0.29) is 5.38 Å². The van der Waals surface area contributed by atoms with Crippen molar-refractivity contribution in [3.05, 3.63) is 62.2 Å². The predicted octanol–water partition coefficient (Wildman–Crippen LogP) is 5.28. The van der Waals surface area contributed by atoms with E-state index in [0.717, 1.165) is 20.4 Å². The first-order chi connectivity index (χ1) is 8.61. The van der Waals surface area contributed by atoms with E-state index in [1.165, 1.54) is 0 Å². The molecule has 0 aliphatic carbocycles. The Balaban J connectivity index is 2.37. The number of rotatable bonds is 3. The van der Waals surface area contributed by atoms with E-state index in [9.17, 15) is 0 Å². The van der Waals surface area contributed by atoms with Crippen molar-refractivity contribution in [2.24, 2.45) is 0 Å². The second-order valence-corrected chi connectivity index (χ2v) is 5.89. The first-order valence-electron chi connectivity index (χ1n) is 5.35. The maximum Gasteiger partial charge on any atom is 0.120 e. The summed E-state index contributed by atoms with van der Waals surface area (Å²) in [5, 5.41) is 0.367. The third-order valence-corrected chi connectivity index (χ3v) is 4.11. The fraction of sp³-hybridized carbons (Fsp3) is 0.143. The summed E-state index contributed by atoms with van der Waals surface area (Å²) < 4.78 is 6.28. The molecule has 0 aliphatic heterocycles. The first kappa shape index (κ1) is 14.0. The van der Waals surface area contributed by atoms with E-state index in [1.807, 2.05) is 30.3 Å². The van der Waals surface area contributed by atoms with E-state index < -0.39 is 0 Å². The van der Waals surface area contributed by atoms with E-state index in [4.69, 9.17) is 27.9 Å². The first-order valence-corrected chi connectivity index (χ1v) is 7.24. The van der Waals surface area contributed by atoms with Crippen molar-refractivity contribution in [1.29, 1.82) is 0 Å². The lowest BCUT2D eigenvalue weighted by atomic mass is 10.0. The fourth-order valence-electron chi connectivity index (χ4n) is 1.68. The van der Waals surface area contributed by atoms with Gasteiger partial charge in [0.2, 0.25) is 0 Å². The average molecular weight is 393 g/mol. The molecule has 2 aromatic carbocycles. The molecule has 1 unspecified atom stereocenters. The standard InChI is InChI=1S/C14H11Cl2IO/c1-18-11-5-6-12(13(15)8-11)14(16)9-3-2-4-10(17)7-9/h2-8,14H,1H3. The third-order valence-electron chi connectivity index (χ3n) is 2.62. The van der Waals surface area contributed by atoms with Crippen LogP contribution in [-0.4, -0.2) is 7.11 Å². The monoisotopic (exact) mass is 392 g/mol. The van der Waals surface area contributed by atoms with Crippen LogP contribution in [0, 0.1) is 3.57 Å². The van der Waals surface area contributed by atoms with Crippen LogP contribution in [0.5, 0.6) is 5.75 Å². The molecule has 4 heteroatoms. The molecule has 0 bridgehead atoms. The number of ether oxygens (including phenoxy) is 1. The van der Waals surface area contributed by atoms with Gasteiger partial charge in [0.25, 0.3) is 0 Å². The Labute approximate surface area is 130 Å². The van der Waals surface area contributed by atoms with E-state index in [1.54, 1.807) is 13.2 Å². The highest BCUT2D eigenvalue weighted by Crippen LogP contribution is 2.35. The van der Waals surface area contributed by atoms with Gasteiger partial charge in [-0.15, -0.1) is 11.6 Å². The van der Waals surface area contributed by atoms with Gasteiger partial charge in [-0.25, -0.2) is 0 Å². The van der Waals surface area contributed by atoms with Crippen molar-refractivity contribution in [1.82, 2.24) is 0 Å². The van der Waals surface area contributed by atoms with Crippen LogP contribution < -0.4 is 4.74 Å². The van der Waals surface area contributed by atoms with Crippen molar-refractivity contribution in [2.75, 3.05) is 7.11 Å². The van der Waals surface area contributed by atoms with Crippen LogP contribution in [0.15, 0.2) is 42.5 Å². The minimum Gasteiger partial charge on any atom is -0.497 e. The minimum atomic E-state index is -0.252. The van der Waals surface area contributed by atoms with Gasteiger partial charge in [0.15, 0.2) is 0 Å². The molecule has 0 N–H and O–H groups in total. The molecular formula is C14H11Cl2IO. The second-order valence-electron chi connectivity index (χ2n) is 3.81. The van der Waals surface area contributed by atoms with Gasteiger partial charge in [0, 0.05) is 8.59 Å². The Morgan fingerprint density at radius 2 is 1.94 bits per heavy atom. The van der Waals surface area contributed by atoms with Gasteiger partial charge in [-0.2, -0.15) is 0 Å². The van der Waals surface area contributed by atoms with Crippen LogP contribution >= 0.6 is 45.8 Å². The maximum absolute atomic E-state index is 6.48. The van der Waals surface area contributed by atoms with Gasteiger partial charge in [0.1, 0.15) is 5.75 Å². The molecule has 0 saturated carbocycles. The zero-order valence-corrected chi connectivity index (χ0v) is 13.3. The van der Waals surface area contributed by atoms with E-state index in [0.29, 0.717) is 5.02 Å². The summed E-state index contributed by atoms with van der Waals surface area (Å²) in [6.45, 7) is 0. The normalized spacial score (nSPS) is 12.2. The predicted molar refractivity (Wildman–Crippen MR) is 84.9 cm³/mol. The lowest BCUT2D eigenvalue weighted by molar-refractivity contribution is 0.414. The third kappa shape index (κ3) is 3.11. The zero-order valence-electron chi connectivity index (χ0n) is 9.66. The van der Waals surface area contributed by atoms with Crippen molar-refractivity contribution >= 4 is 45.8 Å². The molecule has 0 heterocycles. The highest BCUT2D eigenvalue weighted by Gasteiger charge is 2.15. The SMILES string of the molecule is COc1ccc(C(Cl)c2cccc(I)c2)c(Cl)c1. The van der Waals surface area contributed by atoms with E-state index in [2.05, 4.69) is 28.7 Å². The Morgan fingerprint density at radius 1 is 1.17 bits per heavy atom. The quantitative estimate of drug-likeness (QED) is 0.510. The molecule has 0 saturated heterocycles. The molecule has 2 rings (SSSR count). The van der Waals surface area contributed by atoms with Crippen LogP contribution in [0.4, 0.5) is 0 Å². The van der Waals surface area contributed by atoms with Gasteiger partial charge >= 0.3 is 0 Å². The summed E-state index contributed by atoms with van der Waals surface area (Å²) >= 11 is 15.0. The lowest BCUT2D eigenvalue weighted by Gasteiger charge is -2.13. The largest absolute Gasteiger partial charge is 0.497 e. The average Bonchev–Trinajstić information content (AvgIpc) is 2.37. The van der Waals surface area contributed by atoms with E-state index >= 15 is 0 Å². The summed E-state index contributed by atoms with van der Waals surface area (Å²) in [4.78, 5) is 0. The highest BCUT2D eigenvalue weighted by molar-refractivity contribution is 14.1. The van der Waals surface area contributed by atoms with Gasteiger partial charge < -0.3 is 4.74 Å². The molecule has 0 radical (unpaired) electrons. The number of hydrogen-bond acceptors (Lipinski definition) is 1. The molecule has 0 fully saturated rings. The summed E-state index contributed by atoms with van der Waals surface area (Å²) in [6, 6.07) is 13.6. The number of halogens is 3. The lowest BCUT2D eigenvalue weighted by Crippen LogP contribution is -1.95. The number of methoxy groups -OCH3 is 1. The number of alkyl halides is 1. The molecule has 0 aliphatic rings. The number of hydrogen-bond donors (Lipinski definition) is 0. The molecule has 18 heavy (non-hydrogen) atoms. The Bertz CT molecular complexity index is 557. The molecule has 94 valence electrons. The van der Waals surface area contributed by atoms with Gasteiger partial charge in [-0.1, -0.05) is 29.8 Å². The molecule has 1 atom stereocenters. The van der Waals surface area contributed by atoms with Gasteiger partial charge in [-0.3, -0.25) is 0 Å². The molecular weight excluding hydrogens is 382 g/mol. The Hall–Kier alpha value is -0.450. The van der Waals surface area contributed by atoms with Crippen LogP contribution in [0.2, 0.25) is 5.02 Å². The Kier molecular flexibility index (Phi) is 4.76. The second kappa shape index (κ2) is 6.13. The number of benzene rings is 2. The summed E-state index contributed by atoms with van der Waals surface area (Å²) in [6.07, 6.45) is 0. The minimum absolute atomic E-state index is 0.252. The van der Waals surface area contributed by atoms with Crippen molar-refractivity contribution < 1.29 is 4.74 Å². The summed E-state index contributed by atoms with van der Waals surface area (Å²) in [7, 11) is 1.61. The zero-order chi connectivity index (χ0) is 13.1. The van der Waals surface area contributed by atoms with Gasteiger partial charge in [-0.05, 0) is 58.0 Å². The van der Waals surface area contributed by atoms with Gasteiger partial charge in [0.05, 0.1) is 12.5 Å². The van der Waals surface area contributed by atoms with Crippen LogP contribution in [-0.2, 0) is 0 Å². The Morgan fingerprint density at radius 3 is 2.56 bits per heavy atom. The van der Waals surface area contributed by atoms with Crippen LogP contribution in [0.1, 0.15) is 16.5 Å². The summed E-state index contributed by atoms with van der Waals surface area (Å²) in [5.74, 6) is 0.732. The molecule has 0 spiro atoms. The maximum atomic E-state index is 6.48. The topological polar surface area (TPSA) is 9.23 Å². The van der Waals surface area contributed by atoms with Crippen LogP contribution in [0.25, 0.3) is 0 Å².